The number of nitrogens with zero attached hydrogens (tertiary/aromatic N) is 1. The zero-order valence-corrected chi connectivity index (χ0v) is 11.6. The molecule has 0 aromatic heterocycles. The van der Waals surface area contributed by atoms with E-state index in [9.17, 15) is 9.70 Å². The summed E-state index contributed by atoms with van der Waals surface area (Å²) in [6, 6.07) is 17.0. The molecule has 0 heterocycles. The second-order valence-corrected chi connectivity index (χ2v) is 5.29. The zero-order valence-electron chi connectivity index (χ0n) is 11.6. The van der Waals surface area contributed by atoms with Gasteiger partial charge in [0, 0.05) is 11.1 Å². The minimum absolute atomic E-state index is 0.515. The van der Waals surface area contributed by atoms with Crippen LogP contribution in [0.15, 0.2) is 59.8 Å². The molecular weight excluding hydrogens is 276 g/mol. The van der Waals surface area contributed by atoms with Crippen molar-refractivity contribution in [3.8, 4) is 11.1 Å². The number of benzene rings is 3. The standard InChI is InChI=1S/C18H12N2O2/c21-10-19-16-9-8-12-11-4-1-2-5-13(11)18(20-22)15-7-3-6-14(16)17(12)15/h1-10,18H,(H,19,21). The largest absolute Gasteiger partial charge is 0.328 e. The first-order valence-corrected chi connectivity index (χ1v) is 7.02. The SMILES string of the molecule is O=CNc1ccc2c3c(cccc13)C(N=O)c1ccccc1-2. The molecule has 0 radical (unpaired) electrons. The number of nitroso groups, excluding NO2 is 1. The fourth-order valence-corrected chi connectivity index (χ4v) is 3.34. The molecule has 0 bridgehead atoms. The molecule has 22 heavy (non-hydrogen) atoms. The van der Waals surface area contributed by atoms with E-state index in [1.807, 2.05) is 54.6 Å². The van der Waals surface area contributed by atoms with Gasteiger partial charge < -0.3 is 5.32 Å². The van der Waals surface area contributed by atoms with Crippen molar-refractivity contribution in [2.75, 3.05) is 5.32 Å². The number of amides is 1. The van der Waals surface area contributed by atoms with Gasteiger partial charge in [-0.15, -0.1) is 4.91 Å². The van der Waals surface area contributed by atoms with Crippen LogP contribution in [0.5, 0.6) is 0 Å². The monoisotopic (exact) mass is 288 g/mol. The Morgan fingerprint density at radius 2 is 1.73 bits per heavy atom. The molecule has 1 unspecified atom stereocenters. The summed E-state index contributed by atoms with van der Waals surface area (Å²) in [5.41, 5.74) is 4.63. The minimum Gasteiger partial charge on any atom is -0.328 e. The lowest BCUT2D eigenvalue weighted by atomic mass is 9.80. The second kappa shape index (κ2) is 4.77. The Labute approximate surface area is 126 Å². The Hall–Kier alpha value is -3.01. The molecule has 1 N–H and O–H groups in total. The molecule has 0 saturated carbocycles. The molecular formula is C18H12N2O2. The number of anilines is 1. The summed E-state index contributed by atoms with van der Waals surface area (Å²) in [5, 5.41) is 7.97. The Morgan fingerprint density at radius 3 is 2.55 bits per heavy atom. The van der Waals surface area contributed by atoms with Crippen LogP contribution < -0.4 is 5.32 Å². The van der Waals surface area contributed by atoms with Crippen molar-refractivity contribution < 1.29 is 4.79 Å². The number of hydrogen-bond acceptors (Lipinski definition) is 3. The topological polar surface area (TPSA) is 58.5 Å². The van der Waals surface area contributed by atoms with Crippen molar-refractivity contribution in [2.24, 2.45) is 5.18 Å². The zero-order chi connectivity index (χ0) is 15.1. The van der Waals surface area contributed by atoms with Crippen LogP contribution in [0.3, 0.4) is 0 Å². The molecule has 4 rings (SSSR count). The highest BCUT2D eigenvalue weighted by Crippen LogP contribution is 2.47. The summed E-state index contributed by atoms with van der Waals surface area (Å²) in [4.78, 5) is 22.3. The maximum Gasteiger partial charge on any atom is 0.211 e. The van der Waals surface area contributed by atoms with Crippen molar-refractivity contribution in [1.82, 2.24) is 0 Å². The predicted molar refractivity (Wildman–Crippen MR) is 86.7 cm³/mol. The average molecular weight is 288 g/mol. The van der Waals surface area contributed by atoms with Gasteiger partial charge in [-0.05, 0) is 33.7 Å². The molecule has 1 aliphatic rings. The third kappa shape index (κ3) is 1.61. The van der Waals surface area contributed by atoms with E-state index in [2.05, 4.69) is 10.5 Å². The van der Waals surface area contributed by atoms with E-state index in [1.165, 1.54) is 0 Å². The summed E-state index contributed by atoms with van der Waals surface area (Å²) in [6.07, 6.45) is 0.663. The highest BCUT2D eigenvalue weighted by atomic mass is 16.3. The van der Waals surface area contributed by atoms with Crippen LogP contribution in [0.25, 0.3) is 21.9 Å². The van der Waals surface area contributed by atoms with Gasteiger partial charge >= 0.3 is 0 Å². The molecule has 0 saturated heterocycles. The first-order valence-electron chi connectivity index (χ1n) is 7.02. The Morgan fingerprint density at radius 1 is 0.909 bits per heavy atom. The second-order valence-electron chi connectivity index (χ2n) is 5.29. The molecule has 1 aliphatic carbocycles. The predicted octanol–water partition coefficient (Wildman–Crippen LogP) is 4.24. The van der Waals surface area contributed by atoms with Crippen LogP contribution >= 0.6 is 0 Å². The number of hydrogen-bond donors (Lipinski definition) is 1. The van der Waals surface area contributed by atoms with Gasteiger partial charge in [-0.25, -0.2) is 0 Å². The fourth-order valence-electron chi connectivity index (χ4n) is 3.34. The first-order chi connectivity index (χ1) is 10.8. The molecule has 0 fully saturated rings. The molecule has 1 amide bonds. The number of fused-ring (bicyclic) bond motifs is 2. The quantitative estimate of drug-likeness (QED) is 0.578. The van der Waals surface area contributed by atoms with Gasteiger partial charge in [0.15, 0.2) is 0 Å². The van der Waals surface area contributed by atoms with E-state index in [-0.39, 0.29) is 0 Å². The van der Waals surface area contributed by atoms with E-state index in [1.54, 1.807) is 0 Å². The number of nitrogens with one attached hydrogen (secondary N) is 1. The highest BCUT2D eigenvalue weighted by Gasteiger charge is 2.28. The molecule has 4 heteroatoms. The van der Waals surface area contributed by atoms with Gasteiger partial charge in [-0.2, -0.15) is 0 Å². The summed E-state index contributed by atoms with van der Waals surface area (Å²) in [6.45, 7) is 0. The van der Waals surface area contributed by atoms with Crippen LogP contribution in [0.2, 0.25) is 0 Å². The lowest BCUT2D eigenvalue weighted by Crippen LogP contribution is -2.07. The van der Waals surface area contributed by atoms with E-state index < -0.39 is 6.04 Å². The van der Waals surface area contributed by atoms with Crippen LogP contribution in [0.1, 0.15) is 17.2 Å². The van der Waals surface area contributed by atoms with Gasteiger partial charge in [-0.1, -0.05) is 53.7 Å². The number of carbonyl (C=O) groups excluding carboxylic acids is 1. The third-order valence-electron chi connectivity index (χ3n) is 4.23. The minimum atomic E-state index is -0.515. The van der Waals surface area contributed by atoms with Crippen molar-refractivity contribution in [3.05, 3.63) is 70.6 Å². The summed E-state index contributed by atoms with van der Waals surface area (Å²) >= 11 is 0. The summed E-state index contributed by atoms with van der Waals surface area (Å²) in [5.74, 6) is 0. The smallest absolute Gasteiger partial charge is 0.211 e. The summed E-state index contributed by atoms with van der Waals surface area (Å²) in [7, 11) is 0. The molecule has 3 aromatic carbocycles. The van der Waals surface area contributed by atoms with Crippen molar-refractivity contribution in [3.63, 3.8) is 0 Å². The van der Waals surface area contributed by atoms with E-state index >= 15 is 0 Å². The van der Waals surface area contributed by atoms with Crippen LogP contribution in [-0.4, -0.2) is 6.41 Å². The molecule has 3 aromatic rings. The van der Waals surface area contributed by atoms with E-state index in [4.69, 9.17) is 0 Å². The van der Waals surface area contributed by atoms with Gasteiger partial charge in [0.2, 0.25) is 6.41 Å². The first kappa shape index (κ1) is 12.7. The molecule has 1 atom stereocenters. The van der Waals surface area contributed by atoms with Crippen molar-refractivity contribution >= 4 is 22.9 Å². The molecule has 0 aliphatic heterocycles. The van der Waals surface area contributed by atoms with Crippen molar-refractivity contribution in [2.45, 2.75) is 6.04 Å². The third-order valence-corrected chi connectivity index (χ3v) is 4.23. The molecule has 0 spiro atoms. The van der Waals surface area contributed by atoms with Crippen LogP contribution in [0, 0.1) is 4.91 Å². The van der Waals surface area contributed by atoms with Crippen molar-refractivity contribution in [1.29, 1.82) is 0 Å². The van der Waals surface area contributed by atoms with Gasteiger partial charge in [-0.3, -0.25) is 4.79 Å². The van der Waals surface area contributed by atoms with Gasteiger partial charge in [0.05, 0.1) is 0 Å². The van der Waals surface area contributed by atoms with Gasteiger partial charge in [0.1, 0.15) is 6.04 Å². The summed E-state index contributed by atoms with van der Waals surface area (Å²) < 4.78 is 0. The number of rotatable bonds is 3. The molecule has 106 valence electrons. The lowest BCUT2D eigenvalue weighted by Gasteiger charge is -2.25. The maximum absolute atomic E-state index is 11.5. The lowest BCUT2D eigenvalue weighted by molar-refractivity contribution is -0.105. The van der Waals surface area contributed by atoms with Crippen LogP contribution in [-0.2, 0) is 4.79 Å². The fraction of sp³-hybridized carbons (Fsp3) is 0.0556. The Balaban J connectivity index is 2.16. The normalized spacial score (nSPS) is 15.2. The Bertz CT molecular complexity index is 918. The van der Waals surface area contributed by atoms with Gasteiger partial charge in [0.25, 0.3) is 0 Å². The molecule has 4 nitrogen and oxygen atoms in total. The maximum atomic E-state index is 11.5. The average Bonchev–Trinajstić information content (AvgIpc) is 2.57. The van der Waals surface area contributed by atoms with E-state index in [0.717, 1.165) is 38.7 Å². The van der Waals surface area contributed by atoms with Crippen LogP contribution in [0.4, 0.5) is 5.69 Å². The number of carbonyl (C=O) groups is 1. The Kier molecular flexibility index (Phi) is 2.76. The van der Waals surface area contributed by atoms with E-state index in [0.29, 0.717) is 6.41 Å². The highest BCUT2D eigenvalue weighted by molar-refractivity contribution is 6.09.